The summed E-state index contributed by atoms with van der Waals surface area (Å²) >= 11 is 0. The van der Waals surface area contributed by atoms with Gasteiger partial charge in [0, 0.05) is 17.7 Å². The van der Waals surface area contributed by atoms with Crippen LogP contribution in [0, 0.1) is 17.0 Å². The Morgan fingerprint density at radius 2 is 1.90 bits per heavy atom. The van der Waals surface area contributed by atoms with Crippen LogP contribution >= 0.6 is 0 Å². The molecule has 1 aromatic carbocycles. The molecule has 8 heteroatoms. The van der Waals surface area contributed by atoms with Crippen LogP contribution in [0.2, 0.25) is 0 Å². The van der Waals surface area contributed by atoms with Crippen LogP contribution in [0.4, 0.5) is 11.5 Å². The number of aryl methyl sites for hydroxylation is 1. The van der Waals surface area contributed by atoms with Gasteiger partial charge in [0.25, 0.3) is 5.69 Å². The predicted molar refractivity (Wildman–Crippen MR) is 74.6 cm³/mol. The molecule has 0 aliphatic rings. The number of nitrogen functional groups attached to an aromatic ring is 1. The Labute approximate surface area is 119 Å². The van der Waals surface area contributed by atoms with E-state index in [1.165, 1.54) is 31.4 Å². The summed E-state index contributed by atoms with van der Waals surface area (Å²) in [4.78, 5) is 29.9. The molecule has 0 fully saturated rings. The zero-order chi connectivity index (χ0) is 15.6. The summed E-state index contributed by atoms with van der Waals surface area (Å²) in [5, 5.41) is 10.6. The van der Waals surface area contributed by atoms with Crippen molar-refractivity contribution in [1.82, 2.24) is 9.97 Å². The van der Waals surface area contributed by atoms with E-state index in [1.807, 2.05) is 0 Å². The maximum absolute atomic E-state index is 11.6. The van der Waals surface area contributed by atoms with Gasteiger partial charge in [-0.1, -0.05) is 0 Å². The van der Waals surface area contributed by atoms with Crippen molar-refractivity contribution < 1.29 is 14.5 Å². The van der Waals surface area contributed by atoms with E-state index in [0.717, 1.165) is 0 Å². The van der Waals surface area contributed by atoms with Crippen molar-refractivity contribution in [2.75, 3.05) is 12.8 Å². The number of hydrogen-bond donors (Lipinski definition) is 1. The quantitative estimate of drug-likeness (QED) is 0.518. The van der Waals surface area contributed by atoms with Gasteiger partial charge in [0.1, 0.15) is 11.4 Å². The molecule has 21 heavy (non-hydrogen) atoms. The SMILES string of the molecule is COC(=O)c1c(C)nc(-c2ccc([N+](=O)[O-])cc2)nc1N. The van der Waals surface area contributed by atoms with Gasteiger partial charge in [-0.3, -0.25) is 10.1 Å². The topological polar surface area (TPSA) is 121 Å². The number of carbonyl (C=O) groups excluding carboxylic acids is 1. The van der Waals surface area contributed by atoms with Crippen LogP contribution in [0.1, 0.15) is 16.1 Å². The molecule has 0 radical (unpaired) electrons. The number of nitro groups is 1. The summed E-state index contributed by atoms with van der Waals surface area (Å²) in [7, 11) is 1.24. The lowest BCUT2D eigenvalue weighted by atomic mass is 10.1. The van der Waals surface area contributed by atoms with E-state index >= 15 is 0 Å². The lowest BCUT2D eigenvalue weighted by Gasteiger charge is -2.08. The minimum atomic E-state index is -0.611. The lowest BCUT2D eigenvalue weighted by Crippen LogP contribution is -2.12. The molecule has 0 bridgehead atoms. The van der Waals surface area contributed by atoms with Gasteiger partial charge in [-0.25, -0.2) is 14.8 Å². The number of methoxy groups -OCH3 is 1. The number of anilines is 1. The first-order valence-electron chi connectivity index (χ1n) is 5.91. The summed E-state index contributed by atoms with van der Waals surface area (Å²) in [5.74, 6) is -0.324. The molecule has 1 heterocycles. The Morgan fingerprint density at radius 3 is 2.38 bits per heavy atom. The molecular formula is C13H12N4O4. The van der Waals surface area contributed by atoms with Crippen molar-refractivity contribution in [1.29, 1.82) is 0 Å². The number of carbonyl (C=O) groups is 1. The largest absolute Gasteiger partial charge is 0.465 e. The number of non-ortho nitro benzene ring substituents is 1. The van der Waals surface area contributed by atoms with Gasteiger partial charge >= 0.3 is 5.97 Å². The van der Waals surface area contributed by atoms with E-state index in [1.54, 1.807) is 6.92 Å². The first kappa shape index (κ1) is 14.4. The number of aromatic nitrogens is 2. The second-order valence-corrected chi connectivity index (χ2v) is 4.19. The smallest absolute Gasteiger partial charge is 0.343 e. The van der Waals surface area contributed by atoms with E-state index in [-0.39, 0.29) is 22.9 Å². The second-order valence-electron chi connectivity index (χ2n) is 4.19. The Kier molecular flexibility index (Phi) is 3.79. The van der Waals surface area contributed by atoms with Gasteiger partial charge in [-0.15, -0.1) is 0 Å². The van der Waals surface area contributed by atoms with E-state index in [9.17, 15) is 14.9 Å². The van der Waals surface area contributed by atoms with Crippen LogP contribution in [0.15, 0.2) is 24.3 Å². The molecule has 0 amide bonds. The number of hydrogen-bond acceptors (Lipinski definition) is 7. The second kappa shape index (κ2) is 5.53. The Bertz CT molecular complexity index is 690. The van der Waals surface area contributed by atoms with Gasteiger partial charge in [0.05, 0.1) is 17.7 Å². The van der Waals surface area contributed by atoms with Crippen molar-refractivity contribution in [3.05, 3.63) is 45.6 Å². The number of nitrogens with zero attached hydrogens (tertiary/aromatic N) is 3. The zero-order valence-corrected chi connectivity index (χ0v) is 11.4. The highest BCUT2D eigenvalue weighted by Crippen LogP contribution is 2.23. The zero-order valence-electron chi connectivity index (χ0n) is 11.4. The van der Waals surface area contributed by atoms with Crippen LogP contribution < -0.4 is 5.73 Å². The third kappa shape index (κ3) is 2.78. The Hall–Kier alpha value is -3.03. The monoisotopic (exact) mass is 288 g/mol. The molecule has 0 spiro atoms. The number of nitro benzene ring substituents is 1. The highest BCUT2D eigenvalue weighted by atomic mass is 16.6. The third-order valence-corrected chi connectivity index (χ3v) is 2.84. The fourth-order valence-corrected chi connectivity index (χ4v) is 1.81. The number of ether oxygens (including phenoxy) is 1. The summed E-state index contributed by atoms with van der Waals surface area (Å²) in [6.07, 6.45) is 0. The van der Waals surface area contributed by atoms with E-state index in [0.29, 0.717) is 11.3 Å². The molecule has 0 saturated carbocycles. The molecule has 8 nitrogen and oxygen atoms in total. The third-order valence-electron chi connectivity index (χ3n) is 2.84. The highest BCUT2D eigenvalue weighted by Gasteiger charge is 2.18. The molecule has 108 valence electrons. The number of rotatable bonds is 3. The number of nitrogens with two attached hydrogens (primary N) is 1. The summed E-state index contributed by atoms with van der Waals surface area (Å²) in [6.45, 7) is 1.61. The van der Waals surface area contributed by atoms with Crippen LogP contribution in [0.5, 0.6) is 0 Å². The average Bonchev–Trinajstić information content (AvgIpc) is 2.46. The van der Waals surface area contributed by atoms with Crippen LogP contribution in [-0.2, 0) is 4.74 Å². The van der Waals surface area contributed by atoms with Crippen LogP contribution in [0.3, 0.4) is 0 Å². The molecule has 2 N–H and O–H groups in total. The average molecular weight is 288 g/mol. The Balaban J connectivity index is 2.46. The van der Waals surface area contributed by atoms with Gasteiger partial charge in [-0.2, -0.15) is 0 Å². The molecule has 0 aliphatic carbocycles. The van der Waals surface area contributed by atoms with E-state index in [4.69, 9.17) is 5.73 Å². The van der Waals surface area contributed by atoms with Gasteiger partial charge in [-0.05, 0) is 19.1 Å². The summed E-state index contributed by atoms with van der Waals surface area (Å²) in [5.41, 5.74) is 6.77. The van der Waals surface area contributed by atoms with Crippen molar-refractivity contribution >= 4 is 17.5 Å². The molecule has 1 aromatic heterocycles. The normalized spacial score (nSPS) is 10.2. The van der Waals surface area contributed by atoms with Crippen molar-refractivity contribution in [3.63, 3.8) is 0 Å². The number of benzene rings is 1. The van der Waals surface area contributed by atoms with Crippen LogP contribution in [-0.4, -0.2) is 28.0 Å². The molecule has 0 saturated heterocycles. The Morgan fingerprint density at radius 1 is 1.29 bits per heavy atom. The minimum Gasteiger partial charge on any atom is -0.465 e. The molecular weight excluding hydrogens is 276 g/mol. The number of esters is 1. The molecule has 2 aromatic rings. The molecule has 0 aliphatic heterocycles. The van der Waals surface area contributed by atoms with Crippen molar-refractivity contribution in [3.8, 4) is 11.4 Å². The van der Waals surface area contributed by atoms with Gasteiger partial charge in [0.15, 0.2) is 5.82 Å². The summed E-state index contributed by atoms with van der Waals surface area (Å²) < 4.78 is 4.61. The first-order valence-corrected chi connectivity index (χ1v) is 5.91. The molecule has 0 atom stereocenters. The molecule has 0 unspecified atom stereocenters. The van der Waals surface area contributed by atoms with E-state index in [2.05, 4.69) is 14.7 Å². The first-order chi connectivity index (χ1) is 9.93. The van der Waals surface area contributed by atoms with Crippen LogP contribution in [0.25, 0.3) is 11.4 Å². The predicted octanol–water partition coefficient (Wildman–Crippen LogP) is 1.73. The fraction of sp³-hybridized carbons (Fsp3) is 0.154. The minimum absolute atomic E-state index is 0.00250. The highest BCUT2D eigenvalue weighted by molar-refractivity contribution is 5.95. The summed E-state index contributed by atoms with van der Waals surface area (Å²) in [6, 6.07) is 5.73. The lowest BCUT2D eigenvalue weighted by molar-refractivity contribution is -0.384. The van der Waals surface area contributed by atoms with Gasteiger partial charge in [0.2, 0.25) is 0 Å². The maximum Gasteiger partial charge on any atom is 0.343 e. The van der Waals surface area contributed by atoms with Crippen molar-refractivity contribution in [2.45, 2.75) is 6.92 Å². The van der Waals surface area contributed by atoms with E-state index < -0.39 is 10.9 Å². The fourth-order valence-electron chi connectivity index (χ4n) is 1.81. The standard InChI is InChI=1S/C13H12N4O4/c1-7-10(13(18)21-2)11(14)16-12(15-7)8-3-5-9(6-4-8)17(19)20/h3-6H,1-2H3,(H2,14,15,16). The maximum atomic E-state index is 11.6. The van der Waals surface area contributed by atoms with Gasteiger partial charge < -0.3 is 10.5 Å². The molecule has 2 rings (SSSR count). The van der Waals surface area contributed by atoms with Crippen molar-refractivity contribution in [2.24, 2.45) is 0 Å².